The van der Waals surface area contributed by atoms with Gasteiger partial charge in [0.05, 0.1) is 21.2 Å². The zero-order chi connectivity index (χ0) is 19.4. The number of hydrogen-bond acceptors (Lipinski definition) is 5. The fourth-order valence-electron chi connectivity index (χ4n) is 2.04. The Balaban J connectivity index is 2.09. The van der Waals surface area contributed by atoms with E-state index in [-0.39, 0.29) is 22.0 Å². The molecular weight excluding hydrogens is 383 g/mol. The van der Waals surface area contributed by atoms with Crippen LogP contribution in [0.25, 0.3) is 0 Å². The van der Waals surface area contributed by atoms with E-state index in [0.717, 1.165) is 6.07 Å². The van der Waals surface area contributed by atoms with Crippen LogP contribution in [0.4, 0.5) is 11.4 Å². The zero-order valence-electron chi connectivity index (χ0n) is 13.8. The summed E-state index contributed by atoms with van der Waals surface area (Å²) in [6.45, 7) is 2.92. The Bertz CT molecular complexity index is 885. The van der Waals surface area contributed by atoms with Gasteiger partial charge in [0.25, 0.3) is 11.6 Å². The van der Waals surface area contributed by atoms with Crippen LogP contribution >= 0.6 is 23.2 Å². The fraction of sp³-hybridized carbons (Fsp3) is 0.176. The number of benzene rings is 2. The number of nitro benzene ring substituents is 1. The summed E-state index contributed by atoms with van der Waals surface area (Å²) in [4.78, 5) is 34.7. The summed E-state index contributed by atoms with van der Waals surface area (Å²) in [6.07, 6.45) is -1.15. The molecule has 9 heteroatoms. The lowest BCUT2D eigenvalue weighted by Crippen LogP contribution is -2.30. The molecule has 0 spiro atoms. The maximum Gasteiger partial charge on any atom is 0.339 e. The van der Waals surface area contributed by atoms with Gasteiger partial charge < -0.3 is 10.1 Å². The van der Waals surface area contributed by atoms with Crippen LogP contribution in [-0.4, -0.2) is 22.9 Å². The molecule has 0 aliphatic rings. The lowest BCUT2D eigenvalue weighted by Gasteiger charge is -2.14. The van der Waals surface area contributed by atoms with E-state index in [4.69, 9.17) is 27.9 Å². The second-order valence-corrected chi connectivity index (χ2v) is 6.26. The van der Waals surface area contributed by atoms with E-state index in [2.05, 4.69) is 5.32 Å². The van der Waals surface area contributed by atoms with Gasteiger partial charge in [-0.25, -0.2) is 4.79 Å². The van der Waals surface area contributed by atoms with Crippen molar-refractivity contribution in [1.82, 2.24) is 0 Å². The zero-order valence-corrected chi connectivity index (χ0v) is 15.3. The van der Waals surface area contributed by atoms with Gasteiger partial charge in [0, 0.05) is 16.7 Å². The molecule has 136 valence electrons. The molecule has 2 aromatic rings. The van der Waals surface area contributed by atoms with Crippen LogP contribution in [0.3, 0.4) is 0 Å². The van der Waals surface area contributed by atoms with Crippen LogP contribution in [0.2, 0.25) is 10.0 Å². The second kappa shape index (κ2) is 8.16. The molecule has 0 aliphatic carbocycles. The quantitative estimate of drug-likeness (QED) is 0.458. The van der Waals surface area contributed by atoms with Gasteiger partial charge in [0.15, 0.2) is 6.10 Å². The van der Waals surface area contributed by atoms with Crippen molar-refractivity contribution in [2.24, 2.45) is 0 Å². The first-order valence-electron chi connectivity index (χ1n) is 7.41. The molecule has 0 fully saturated rings. The van der Waals surface area contributed by atoms with Gasteiger partial charge in [0.1, 0.15) is 0 Å². The lowest BCUT2D eigenvalue weighted by molar-refractivity contribution is -0.385. The minimum atomic E-state index is -1.15. The predicted octanol–water partition coefficient (Wildman–Crippen LogP) is 4.39. The molecule has 7 nitrogen and oxygen atoms in total. The molecule has 1 N–H and O–H groups in total. The highest BCUT2D eigenvalue weighted by molar-refractivity contribution is 6.35. The van der Waals surface area contributed by atoms with Crippen LogP contribution in [0.1, 0.15) is 22.8 Å². The molecule has 0 saturated carbocycles. The van der Waals surface area contributed by atoms with Crippen molar-refractivity contribution in [3.63, 3.8) is 0 Å². The summed E-state index contributed by atoms with van der Waals surface area (Å²) in [5, 5.41) is 14.1. The SMILES string of the molecule is Cc1ccc(C(=O)OC(C)C(=O)Nc2cc(Cl)ccc2Cl)cc1[N+](=O)[O-]. The van der Waals surface area contributed by atoms with E-state index in [0.29, 0.717) is 10.6 Å². The molecule has 0 bridgehead atoms. The Morgan fingerprint density at radius 1 is 1.19 bits per heavy atom. The Kier molecular flexibility index (Phi) is 6.18. The number of carbonyl (C=O) groups excluding carboxylic acids is 2. The maximum absolute atomic E-state index is 12.2. The number of carbonyl (C=O) groups is 2. The number of aryl methyl sites for hydroxylation is 1. The first-order chi connectivity index (χ1) is 12.2. The molecule has 2 rings (SSSR count). The van der Waals surface area contributed by atoms with Crippen molar-refractivity contribution >= 4 is 46.5 Å². The summed E-state index contributed by atoms with van der Waals surface area (Å²) in [7, 11) is 0. The Morgan fingerprint density at radius 3 is 2.54 bits per heavy atom. The largest absolute Gasteiger partial charge is 0.449 e. The first-order valence-corrected chi connectivity index (χ1v) is 8.16. The predicted molar refractivity (Wildman–Crippen MR) is 97.8 cm³/mol. The maximum atomic E-state index is 12.2. The third kappa shape index (κ3) is 4.71. The normalized spacial score (nSPS) is 11.5. The van der Waals surface area contributed by atoms with E-state index in [1.165, 1.54) is 31.2 Å². The minimum Gasteiger partial charge on any atom is -0.449 e. The van der Waals surface area contributed by atoms with Crippen LogP contribution in [0.5, 0.6) is 0 Å². The van der Waals surface area contributed by atoms with E-state index < -0.39 is 22.9 Å². The molecular formula is C17H14Cl2N2O5. The van der Waals surface area contributed by atoms with E-state index in [9.17, 15) is 19.7 Å². The highest BCUT2D eigenvalue weighted by atomic mass is 35.5. The van der Waals surface area contributed by atoms with E-state index in [1.54, 1.807) is 13.0 Å². The Labute approximate surface area is 159 Å². The smallest absolute Gasteiger partial charge is 0.339 e. The van der Waals surface area contributed by atoms with Crippen LogP contribution in [-0.2, 0) is 9.53 Å². The number of ether oxygens (including phenoxy) is 1. The van der Waals surface area contributed by atoms with Crippen molar-refractivity contribution in [3.05, 3.63) is 67.7 Å². The molecule has 0 aromatic heterocycles. The summed E-state index contributed by atoms with van der Waals surface area (Å²) >= 11 is 11.8. The van der Waals surface area contributed by atoms with Gasteiger partial charge in [-0.15, -0.1) is 0 Å². The summed E-state index contributed by atoms with van der Waals surface area (Å²) in [5.41, 5.74) is 0.455. The number of hydrogen-bond donors (Lipinski definition) is 1. The summed E-state index contributed by atoms with van der Waals surface area (Å²) in [5.74, 6) is -1.47. The molecule has 1 atom stereocenters. The van der Waals surface area contributed by atoms with E-state index in [1.807, 2.05) is 0 Å². The number of amides is 1. The number of anilines is 1. The van der Waals surface area contributed by atoms with E-state index >= 15 is 0 Å². The van der Waals surface area contributed by atoms with Crippen molar-refractivity contribution in [1.29, 1.82) is 0 Å². The van der Waals surface area contributed by atoms with Gasteiger partial charge in [-0.1, -0.05) is 29.3 Å². The fourth-order valence-corrected chi connectivity index (χ4v) is 2.38. The molecule has 26 heavy (non-hydrogen) atoms. The van der Waals surface area contributed by atoms with Gasteiger partial charge in [0.2, 0.25) is 0 Å². The number of nitrogens with zero attached hydrogens (tertiary/aromatic N) is 1. The summed E-state index contributed by atoms with van der Waals surface area (Å²) < 4.78 is 5.07. The molecule has 2 aromatic carbocycles. The van der Waals surface area contributed by atoms with Gasteiger partial charge in [-0.2, -0.15) is 0 Å². The highest BCUT2D eigenvalue weighted by Crippen LogP contribution is 2.26. The monoisotopic (exact) mass is 396 g/mol. The summed E-state index contributed by atoms with van der Waals surface area (Å²) in [6, 6.07) is 8.47. The van der Waals surface area contributed by atoms with Crippen LogP contribution in [0, 0.1) is 17.0 Å². The van der Waals surface area contributed by atoms with Gasteiger partial charge >= 0.3 is 5.97 Å². The third-order valence-electron chi connectivity index (χ3n) is 3.48. The number of halogens is 2. The highest BCUT2D eigenvalue weighted by Gasteiger charge is 2.22. The van der Waals surface area contributed by atoms with Gasteiger partial charge in [-0.3, -0.25) is 14.9 Å². The Morgan fingerprint density at radius 2 is 1.88 bits per heavy atom. The third-order valence-corrected chi connectivity index (χ3v) is 4.05. The van der Waals surface area contributed by atoms with Crippen LogP contribution < -0.4 is 5.32 Å². The molecule has 1 unspecified atom stereocenters. The van der Waals surface area contributed by atoms with Crippen molar-refractivity contribution in [2.45, 2.75) is 20.0 Å². The molecule has 0 aliphatic heterocycles. The minimum absolute atomic E-state index is 0.0252. The van der Waals surface area contributed by atoms with Crippen LogP contribution in [0.15, 0.2) is 36.4 Å². The average molecular weight is 397 g/mol. The topological polar surface area (TPSA) is 98.5 Å². The van der Waals surface area contributed by atoms with Crippen molar-refractivity contribution in [2.75, 3.05) is 5.32 Å². The number of nitro groups is 1. The molecule has 1 amide bonds. The molecule has 0 radical (unpaired) electrons. The lowest BCUT2D eigenvalue weighted by atomic mass is 10.1. The standard InChI is InChI=1S/C17H14Cl2N2O5/c1-9-3-4-11(7-15(9)21(24)25)17(23)26-10(2)16(22)20-14-8-12(18)5-6-13(14)19/h3-8,10H,1-2H3,(H,20,22). The van der Waals surface area contributed by atoms with Crippen molar-refractivity contribution < 1.29 is 19.2 Å². The number of esters is 1. The van der Waals surface area contributed by atoms with Crippen molar-refractivity contribution in [3.8, 4) is 0 Å². The second-order valence-electron chi connectivity index (χ2n) is 5.42. The average Bonchev–Trinajstić information content (AvgIpc) is 2.58. The first kappa shape index (κ1) is 19.7. The van der Waals surface area contributed by atoms with Gasteiger partial charge in [-0.05, 0) is 38.1 Å². The molecule has 0 saturated heterocycles. The molecule has 0 heterocycles. The Hall–Kier alpha value is -2.64. The number of rotatable bonds is 5. The number of nitrogens with one attached hydrogen (secondary N) is 1.